The smallest absolute Gasteiger partial charge is 0.226 e. The molecule has 0 atom stereocenters. The molecule has 0 radical (unpaired) electrons. The van der Waals surface area contributed by atoms with Gasteiger partial charge < -0.3 is 15.1 Å². The second kappa shape index (κ2) is 15.1. The lowest BCUT2D eigenvalue weighted by Crippen LogP contribution is -2.46. The van der Waals surface area contributed by atoms with E-state index < -0.39 is 0 Å². The van der Waals surface area contributed by atoms with E-state index in [0.29, 0.717) is 22.8 Å². The largest absolute Gasteiger partial charge is 0.384 e. The van der Waals surface area contributed by atoms with Crippen molar-refractivity contribution in [2.24, 2.45) is 17.8 Å². The highest BCUT2D eigenvalue weighted by atomic mass is 35.5. The number of fused-ring (bicyclic) bond motifs is 1. The van der Waals surface area contributed by atoms with Crippen LogP contribution in [0.25, 0.3) is 10.9 Å². The number of amides is 1. The molecule has 1 aromatic heterocycles. The van der Waals surface area contributed by atoms with E-state index in [0.717, 1.165) is 62.3 Å². The summed E-state index contributed by atoms with van der Waals surface area (Å²) in [5, 5.41) is 5.40. The molecule has 6 heteroatoms. The topological polar surface area (TPSA) is 48.5 Å². The number of likely N-dealkylation sites (N-methyl/N-ethyl adjacent to an activating group) is 1. The molecule has 2 aliphatic carbocycles. The Labute approximate surface area is 235 Å². The molecule has 2 aromatic rings. The van der Waals surface area contributed by atoms with Gasteiger partial charge >= 0.3 is 0 Å². The number of carbonyl (C=O) groups is 1. The summed E-state index contributed by atoms with van der Waals surface area (Å²) in [4.78, 5) is 23.5. The van der Waals surface area contributed by atoms with Gasteiger partial charge in [-0.05, 0) is 81.3 Å². The molecule has 1 aromatic carbocycles. The first-order valence-corrected chi connectivity index (χ1v) is 15.8. The molecule has 5 nitrogen and oxygen atoms in total. The van der Waals surface area contributed by atoms with Gasteiger partial charge in [-0.1, -0.05) is 64.0 Å². The van der Waals surface area contributed by atoms with Crippen molar-refractivity contribution in [1.82, 2.24) is 14.8 Å². The van der Waals surface area contributed by atoms with Crippen LogP contribution < -0.4 is 5.32 Å². The minimum absolute atomic E-state index is 0.231. The molecular weight excluding hydrogens is 492 g/mol. The molecule has 1 N–H and O–H groups in total. The molecule has 210 valence electrons. The van der Waals surface area contributed by atoms with E-state index in [1.165, 1.54) is 64.2 Å². The molecule has 0 unspecified atom stereocenters. The minimum atomic E-state index is 0.231. The fraction of sp³-hybridized carbons (Fsp3) is 0.688. The predicted molar refractivity (Wildman–Crippen MR) is 161 cm³/mol. The van der Waals surface area contributed by atoms with E-state index in [1.54, 1.807) is 0 Å². The standard InChI is InChI=1S/C32H49ClN4O/c1-3-36(4-2)22-23-37(21-11-19-34-29-18-20-35-30-24-27(33)16-17-28(29)30)32(38)31(25-12-7-5-8-13-25)26-14-9-6-10-15-26/h16-18,20,24-26,31H,3-15,19,21-23H2,1-2H3,(H,34,35). The molecule has 0 spiro atoms. The fourth-order valence-electron chi connectivity index (χ4n) is 6.89. The zero-order valence-corrected chi connectivity index (χ0v) is 24.5. The van der Waals surface area contributed by atoms with Gasteiger partial charge in [-0.3, -0.25) is 9.78 Å². The Bertz CT molecular complexity index is 980. The van der Waals surface area contributed by atoms with Crippen LogP contribution in [0.1, 0.15) is 84.5 Å². The van der Waals surface area contributed by atoms with Crippen molar-refractivity contribution in [3.8, 4) is 0 Å². The van der Waals surface area contributed by atoms with Crippen LogP contribution in [0.3, 0.4) is 0 Å². The van der Waals surface area contributed by atoms with Gasteiger partial charge in [0.05, 0.1) is 5.52 Å². The number of benzene rings is 1. The van der Waals surface area contributed by atoms with E-state index in [9.17, 15) is 4.79 Å². The lowest BCUT2D eigenvalue weighted by molar-refractivity contribution is -0.141. The maximum atomic E-state index is 14.4. The van der Waals surface area contributed by atoms with Crippen LogP contribution in [0, 0.1) is 17.8 Å². The number of carbonyl (C=O) groups excluding carboxylic acids is 1. The van der Waals surface area contributed by atoms with Gasteiger partial charge in [-0.2, -0.15) is 0 Å². The van der Waals surface area contributed by atoms with Crippen molar-refractivity contribution < 1.29 is 4.79 Å². The van der Waals surface area contributed by atoms with Crippen molar-refractivity contribution >= 4 is 34.1 Å². The number of aromatic nitrogens is 1. The number of nitrogens with zero attached hydrogens (tertiary/aromatic N) is 3. The SMILES string of the molecule is CCN(CC)CCN(CCCNc1ccnc2cc(Cl)ccc12)C(=O)C(C1CCCCC1)C1CCCCC1. The van der Waals surface area contributed by atoms with E-state index in [4.69, 9.17) is 11.6 Å². The summed E-state index contributed by atoms with van der Waals surface area (Å²) in [6, 6.07) is 7.89. The van der Waals surface area contributed by atoms with E-state index in [-0.39, 0.29) is 5.92 Å². The normalized spacial score (nSPS) is 17.4. The summed E-state index contributed by atoms with van der Waals surface area (Å²) in [7, 11) is 0. The zero-order valence-electron chi connectivity index (χ0n) is 23.8. The minimum Gasteiger partial charge on any atom is -0.384 e. The van der Waals surface area contributed by atoms with E-state index in [2.05, 4.69) is 33.9 Å². The highest BCUT2D eigenvalue weighted by Gasteiger charge is 2.38. The summed E-state index contributed by atoms with van der Waals surface area (Å²) in [6.45, 7) is 9.96. The number of rotatable bonds is 13. The number of hydrogen-bond acceptors (Lipinski definition) is 4. The summed E-state index contributed by atoms with van der Waals surface area (Å²) in [5.74, 6) is 1.86. The molecule has 38 heavy (non-hydrogen) atoms. The second-order valence-electron chi connectivity index (χ2n) is 11.5. The first-order chi connectivity index (χ1) is 18.6. The average molecular weight is 541 g/mol. The van der Waals surface area contributed by atoms with Crippen LogP contribution in [0.2, 0.25) is 5.02 Å². The Morgan fingerprint density at radius 2 is 1.61 bits per heavy atom. The number of anilines is 1. The monoisotopic (exact) mass is 540 g/mol. The molecule has 0 saturated heterocycles. The van der Waals surface area contributed by atoms with Crippen LogP contribution in [-0.4, -0.2) is 60.0 Å². The molecule has 0 aliphatic heterocycles. The molecule has 2 fully saturated rings. The summed E-state index contributed by atoms with van der Waals surface area (Å²) < 4.78 is 0. The van der Waals surface area contributed by atoms with Gasteiger partial charge in [0.25, 0.3) is 0 Å². The van der Waals surface area contributed by atoms with Gasteiger partial charge in [-0.25, -0.2) is 0 Å². The second-order valence-corrected chi connectivity index (χ2v) is 11.9. The van der Waals surface area contributed by atoms with Gasteiger partial charge in [0.1, 0.15) is 0 Å². The lowest BCUT2D eigenvalue weighted by Gasteiger charge is -2.40. The van der Waals surface area contributed by atoms with Crippen molar-refractivity contribution in [2.75, 3.05) is 44.6 Å². The number of nitrogens with one attached hydrogen (secondary N) is 1. The average Bonchev–Trinajstić information content (AvgIpc) is 2.95. The van der Waals surface area contributed by atoms with Crippen molar-refractivity contribution in [2.45, 2.75) is 84.5 Å². The van der Waals surface area contributed by atoms with Gasteiger partial charge in [0.15, 0.2) is 0 Å². The Balaban J connectivity index is 1.44. The van der Waals surface area contributed by atoms with Crippen molar-refractivity contribution in [3.63, 3.8) is 0 Å². The highest BCUT2D eigenvalue weighted by molar-refractivity contribution is 6.31. The number of hydrogen-bond donors (Lipinski definition) is 1. The lowest BCUT2D eigenvalue weighted by atomic mass is 9.69. The Kier molecular flexibility index (Phi) is 11.6. The van der Waals surface area contributed by atoms with Gasteiger partial charge in [0.2, 0.25) is 5.91 Å². The van der Waals surface area contributed by atoms with Crippen molar-refractivity contribution in [1.29, 1.82) is 0 Å². The third-order valence-electron chi connectivity index (χ3n) is 9.12. The zero-order chi connectivity index (χ0) is 26.7. The van der Waals surface area contributed by atoms with E-state index >= 15 is 0 Å². The number of pyridine rings is 1. The molecule has 1 heterocycles. The highest BCUT2D eigenvalue weighted by Crippen LogP contribution is 2.41. The number of halogens is 1. The quantitative estimate of drug-likeness (QED) is 0.265. The first kappa shape index (κ1) is 29.1. The Hall–Kier alpha value is -1.85. The summed E-state index contributed by atoms with van der Waals surface area (Å²) >= 11 is 6.17. The Morgan fingerprint density at radius 3 is 2.24 bits per heavy atom. The third-order valence-corrected chi connectivity index (χ3v) is 9.35. The van der Waals surface area contributed by atoms with Crippen LogP contribution in [0.5, 0.6) is 0 Å². The predicted octanol–water partition coefficient (Wildman–Crippen LogP) is 7.64. The molecule has 1 amide bonds. The Morgan fingerprint density at radius 1 is 0.947 bits per heavy atom. The molecule has 0 bridgehead atoms. The fourth-order valence-corrected chi connectivity index (χ4v) is 7.05. The molecule has 4 rings (SSSR count). The molecule has 2 aliphatic rings. The third kappa shape index (κ3) is 7.85. The maximum Gasteiger partial charge on any atom is 0.226 e. The molecule has 2 saturated carbocycles. The van der Waals surface area contributed by atoms with Crippen LogP contribution >= 0.6 is 11.6 Å². The van der Waals surface area contributed by atoms with Crippen molar-refractivity contribution in [3.05, 3.63) is 35.5 Å². The van der Waals surface area contributed by atoms with Crippen LogP contribution in [-0.2, 0) is 4.79 Å². The van der Waals surface area contributed by atoms with Gasteiger partial charge in [0, 0.05) is 54.4 Å². The van der Waals surface area contributed by atoms with Crippen LogP contribution in [0.4, 0.5) is 5.69 Å². The van der Waals surface area contributed by atoms with E-state index in [1.807, 2.05) is 30.5 Å². The first-order valence-electron chi connectivity index (χ1n) is 15.4. The molecular formula is C32H49ClN4O. The van der Waals surface area contributed by atoms with Gasteiger partial charge in [-0.15, -0.1) is 0 Å². The summed E-state index contributed by atoms with van der Waals surface area (Å²) in [6.07, 6.45) is 15.6. The maximum absolute atomic E-state index is 14.4. The van der Waals surface area contributed by atoms with Crippen LogP contribution in [0.15, 0.2) is 30.5 Å². The summed E-state index contributed by atoms with van der Waals surface area (Å²) in [5.41, 5.74) is 1.98.